The Bertz CT molecular complexity index is 530. The minimum absolute atomic E-state index is 0.516. The topological polar surface area (TPSA) is 46.3 Å². The van der Waals surface area contributed by atoms with E-state index >= 15 is 0 Å². The van der Waals surface area contributed by atoms with Gasteiger partial charge in [-0.2, -0.15) is 19.6 Å². The number of anilines is 1. The number of hydrogen-bond acceptors (Lipinski definition) is 4. The molecule has 0 aromatic carbocycles. The van der Waals surface area contributed by atoms with Gasteiger partial charge in [-0.15, -0.1) is 0 Å². The smallest absolute Gasteiger partial charge is 0.255 e. The third-order valence-corrected chi connectivity index (χ3v) is 3.35. The van der Waals surface area contributed by atoms with Crippen LogP contribution in [-0.2, 0) is 0 Å². The molecule has 0 atom stereocenters. The largest absolute Gasteiger partial charge is 0.356 e. The lowest BCUT2D eigenvalue weighted by atomic mass is 10.3. The molecule has 1 fully saturated rings. The van der Waals surface area contributed by atoms with Crippen molar-refractivity contribution in [2.75, 3.05) is 18.0 Å². The Balaban J connectivity index is 0.000000574. The van der Waals surface area contributed by atoms with E-state index in [1.165, 1.54) is 19.2 Å². The van der Waals surface area contributed by atoms with Crippen LogP contribution in [0.4, 0.5) is 5.82 Å². The van der Waals surface area contributed by atoms with E-state index in [1.54, 1.807) is 4.52 Å². The summed E-state index contributed by atoms with van der Waals surface area (Å²) in [7, 11) is 0. The molecule has 2 aromatic rings. The van der Waals surface area contributed by atoms with Gasteiger partial charge in [-0.25, -0.2) is 0 Å². The minimum Gasteiger partial charge on any atom is -0.356 e. The molecule has 0 saturated carbocycles. The van der Waals surface area contributed by atoms with Gasteiger partial charge in [0.1, 0.15) is 17.3 Å². The monoisotopic (exact) mass is 267 g/mol. The molecule has 98 valence electrons. The fraction of sp³-hybridized carbons (Fsp3) is 0.583. The van der Waals surface area contributed by atoms with E-state index in [4.69, 9.17) is 11.6 Å². The van der Waals surface area contributed by atoms with E-state index in [1.807, 2.05) is 20.8 Å². The van der Waals surface area contributed by atoms with Crippen LogP contribution in [0.2, 0.25) is 5.15 Å². The lowest BCUT2D eigenvalue weighted by Gasteiger charge is -2.20. The van der Waals surface area contributed by atoms with Crippen LogP contribution in [0.1, 0.15) is 32.3 Å². The van der Waals surface area contributed by atoms with Gasteiger partial charge in [-0.05, 0) is 19.8 Å². The van der Waals surface area contributed by atoms with E-state index in [0.29, 0.717) is 10.9 Å². The lowest BCUT2D eigenvalue weighted by Crippen LogP contribution is -2.22. The van der Waals surface area contributed by atoms with E-state index in [-0.39, 0.29) is 0 Å². The van der Waals surface area contributed by atoms with Crippen LogP contribution >= 0.6 is 11.6 Å². The molecule has 1 aliphatic rings. The summed E-state index contributed by atoms with van der Waals surface area (Å²) in [5.74, 6) is 1.60. The van der Waals surface area contributed by atoms with E-state index in [0.717, 1.165) is 24.5 Å². The van der Waals surface area contributed by atoms with Crippen molar-refractivity contribution in [1.82, 2.24) is 19.6 Å². The molecular weight excluding hydrogens is 250 g/mol. The van der Waals surface area contributed by atoms with Crippen LogP contribution in [0.3, 0.4) is 0 Å². The highest BCUT2D eigenvalue weighted by molar-refractivity contribution is 6.30. The highest BCUT2D eigenvalue weighted by atomic mass is 35.5. The molecule has 1 saturated heterocycles. The second kappa shape index (κ2) is 5.52. The average molecular weight is 268 g/mol. The maximum atomic E-state index is 6.11. The van der Waals surface area contributed by atoms with Crippen LogP contribution in [0.25, 0.3) is 5.78 Å². The molecule has 0 unspecified atom stereocenters. The first-order valence-electron chi connectivity index (χ1n) is 6.38. The Morgan fingerprint density at radius 2 is 1.89 bits per heavy atom. The average Bonchev–Trinajstić information content (AvgIpc) is 3.04. The minimum atomic E-state index is 0.516. The van der Waals surface area contributed by atoms with Gasteiger partial charge in [0.25, 0.3) is 5.78 Å². The van der Waals surface area contributed by atoms with Gasteiger partial charge in [-0.1, -0.05) is 25.4 Å². The number of nitrogens with zero attached hydrogens (tertiary/aromatic N) is 5. The van der Waals surface area contributed by atoms with Crippen LogP contribution < -0.4 is 4.90 Å². The Labute approximate surface area is 112 Å². The fourth-order valence-electron chi connectivity index (χ4n) is 2.18. The standard InChI is InChI=1S/C10H12ClN5.C2H6/c1-7-8(11)14-10-12-6-13-16(10)9(7)15-4-2-3-5-15;1-2/h6H,2-5H2,1H3;1-2H3. The van der Waals surface area contributed by atoms with Crippen molar-refractivity contribution in [2.24, 2.45) is 0 Å². The summed E-state index contributed by atoms with van der Waals surface area (Å²) in [5, 5.41) is 4.72. The molecular formula is C12H18ClN5. The Kier molecular flexibility index (Phi) is 4.01. The molecule has 0 N–H and O–H groups in total. The van der Waals surface area contributed by atoms with Gasteiger partial charge in [0, 0.05) is 18.7 Å². The molecule has 2 aromatic heterocycles. The first-order valence-corrected chi connectivity index (χ1v) is 6.76. The maximum Gasteiger partial charge on any atom is 0.255 e. The summed E-state index contributed by atoms with van der Waals surface area (Å²) in [5.41, 5.74) is 0.974. The SMILES string of the molecule is CC.Cc1c(Cl)nc2ncnn2c1N1CCCC1. The molecule has 5 nitrogen and oxygen atoms in total. The van der Waals surface area contributed by atoms with Crippen molar-refractivity contribution in [3.05, 3.63) is 17.0 Å². The molecule has 0 amide bonds. The number of fused-ring (bicyclic) bond motifs is 1. The zero-order chi connectivity index (χ0) is 13.1. The summed E-state index contributed by atoms with van der Waals surface area (Å²) < 4.78 is 1.77. The summed E-state index contributed by atoms with van der Waals surface area (Å²) in [4.78, 5) is 10.6. The van der Waals surface area contributed by atoms with Gasteiger partial charge in [0.05, 0.1) is 0 Å². The molecule has 3 heterocycles. The van der Waals surface area contributed by atoms with Crippen LogP contribution in [0.5, 0.6) is 0 Å². The molecule has 3 rings (SSSR count). The van der Waals surface area contributed by atoms with Crippen molar-refractivity contribution < 1.29 is 0 Å². The van der Waals surface area contributed by atoms with Crippen LogP contribution in [0.15, 0.2) is 6.33 Å². The predicted octanol–water partition coefficient (Wildman–Crippen LogP) is 2.71. The Morgan fingerprint density at radius 1 is 1.22 bits per heavy atom. The summed E-state index contributed by atoms with van der Waals surface area (Å²) in [6.07, 6.45) is 3.95. The quantitative estimate of drug-likeness (QED) is 0.746. The molecule has 1 aliphatic heterocycles. The number of rotatable bonds is 1. The summed E-state index contributed by atoms with van der Waals surface area (Å²) in [6.45, 7) is 8.08. The van der Waals surface area contributed by atoms with Gasteiger partial charge < -0.3 is 4.90 Å². The highest BCUT2D eigenvalue weighted by Crippen LogP contribution is 2.27. The third-order valence-electron chi connectivity index (χ3n) is 2.98. The second-order valence-electron chi connectivity index (χ2n) is 4.02. The molecule has 0 spiro atoms. The van der Waals surface area contributed by atoms with Gasteiger partial charge in [0.15, 0.2) is 0 Å². The van der Waals surface area contributed by atoms with Crippen molar-refractivity contribution in [1.29, 1.82) is 0 Å². The van der Waals surface area contributed by atoms with E-state index in [2.05, 4.69) is 20.0 Å². The summed E-state index contributed by atoms with van der Waals surface area (Å²) >= 11 is 6.11. The molecule has 0 aliphatic carbocycles. The first-order chi connectivity index (χ1) is 8.77. The number of aromatic nitrogens is 4. The molecule has 0 radical (unpaired) electrons. The van der Waals surface area contributed by atoms with Gasteiger partial charge in [-0.3, -0.25) is 0 Å². The van der Waals surface area contributed by atoms with Gasteiger partial charge in [0.2, 0.25) is 0 Å². The van der Waals surface area contributed by atoms with Crippen molar-refractivity contribution in [3.63, 3.8) is 0 Å². The fourth-order valence-corrected chi connectivity index (χ4v) is 2.34. The third kappa shape index (κ3) is 2.14. The molecule has 0 bridgehead atoms. The molecule has 18 heavy (non-hydrogen) atoms. The molecule has 6 heteroatoms. The maximum absolute atomic E-state index is 6.11. The van der Waals surface area contributed by atoms with Crippen LogP contribution in [-0.4, -0.2) is 32.7 Å². The highest BCUT2D eigenvalue weighted by Gasteiger charge is 2.20. The zero-order valence-corrected chi connectivity index (χ0v) is 11.8. The summed E-state index contributed by atoms with van der Waals surface area (Å²) in [6, 6.07) is 0. The van der Waals surface area contributed by atoms with Crippen molar-refractivity contribution in [2.45, 2.75) is 33.6 Å². The zero-order valence-electron chi connectivity index (χ0n) is 11.0. The van der Waals surface area contributed by atoms with E-state index < -0.39 is 0 Å². The Hall–Kier alpha value is -1.36. The number of hydrogen-bond donors (Lipinski definition) is 0. The predicted molar refractivity (Wildman–Crippen MR) is 73.3 cm³/mol. The Morgan fingerprint density at radius 3 is 2.56 bits per heavy atom. The van der Waals surface area contributed by atoms with Crippen molar-refractivity contribution >= 4 is 23.2 Å². The lowest BCUT2D eigenvalue weighted by molar-refractivity contribution is 0.841. The number of halogens is 1. The van der Waals surface area contributed by atoms with E-state index in [9.17, 15) is 0 Å². The van der Waals surface area contributed by atoms with Crippen molar-refractivity contribution in [3.8, 4) is 0 Å². The first kappa shape index (κ1) is 13.1. The second-order valence-corrected chi connectivity index (χ2v) is 4.38. The normalized spacial score (nSPS) is 14.8. The van der Waals surface area contributed by atoms with Crippen LogP contribution in [0, 0.1) is 6.92 Å². The van der Waals surface area contributed by atoms with Gasteiger partial charge >= 0.3 is 0 Å².